The summed E-state index contributed by atoms with van der Waals surface area (Å²) in [6.45, 7) is 20.4. The highest BCUT2D eigenvalue weighted by atomic mass is 28.3. The van der Waals surface area contributed by atoms with Gasteiger partial charge in [-0.2, -0.15) is 0 Å². The average molecular weight is 485 g/mol. The Hall–Kier alpha value is -1.09. The Morgan fingerprint density at radius 3 is 1.00 bits per heavy atom. The van der Waals surface area contributed by atoms with E-state index in [-0.39, 0.29) is 0 Å². The van der Waals surface area contributed by atoms with Gasteiger partial charge in [0.05, 0.1) is 48.4 Å². The number of ether oxygens (including phenoxy) is 2. The van der Waals surface area contributed by atoms with Gasteiger partial charge in [0.2, 0.25) is 0 Å². The van der Waals surface area contributed by atoms with Gasteiger partial charge in [0.25, 0.3) is 0 Å². The molecule has 0 aliphatic heterocycles. The third kappa shape index (κ3) is 8.75. The van der Waals surface area contributed by atoms with Crippen molar-refractivity contribution in [3.05, 3.63) is 36.4 Å². The third-order valence-electron chi connectivity index (χ3n) is 5.45. The van der Waals surface area contributed by atoms with Gasteiger partial charge in [-0.25, -0.2) is 0 Å². The Morgan fingerprint density at radius 1 is 0.452 bits per heavy atom. The minimum Gasteiger partial charge on any atom is -0.494 e. The van der Waals surface area contributed by atoms with Gasteiger partial charge in [0, 0.05) is 0 Å². The van der Waals surface area contributed by atoms with Crippen molar-refractivity contribution < 1.29 is 9.47 Å². The van der Waals surface area contributed by atoms with Crippen LogP contribution in [0, 0.1) is 0 Å². The maximum absolute atomic E-state index is 6.14. The van der Waals surface area contributed by atoms with Crippen LogP contribution in [0.25, 0.3) is 0 Å². The molecular formula is C25H40O2Si4. The van der Waals surface area contributed by atoms with E-state index in [9.17, 15) is 0 Å². The lowest BCUT2D eigenvalue weighted by molar-refractivity contribution is 0.280. The van der Waals surface area contributed by atoms with Crippen molar-refractivity contribution in [3.63, 3.8) is 0 Å². The average Bonchev–Trinajstić information content (AvgIpc) is 2.72. The van der Waals surface area contributed by atoms with Gasteiger partial charge in [-0.1, -0.05) is 85.3 Å². The predicted molar refractivity (Wildman–Crippen MR) is 146 cm³/mol. The highest BCUT2D eigenvalue weighted by molar-refractivity contribution is 6.75. The van der Waals surface area contributed by atoms with E-state index in [1.165, 1.54) is 20.7 Å². The second kappa shape index (κ2) is 12.8. The van der Waals surface area contributed by atoms with Crippen LogP contribution in [-0.4, -0.2) is 48.4 Å². The molecule has 6 heteroatoms. The van der Waals surface area contributed by atoms with Crippen LogP contribution in [-0.2, 0) is 0 Å². The Balaban J connectivity index is 1.78. The Kier molecular flexibility index (Phi) is 10.8. The van der Waals surface area contributed by atoms with Crippen LogP contribution >= 0.6 is 0 Å². The van der Waals surface area contributed by atoms with E-state index in [0.717, 1.165) is 44.0 Å². The van der Waals surface area contributed by atoms with Crippen molar-refractivity contribution in [2.45, 2.75) is 71.6 Å². The first kappa shape index (κ1) is 26.2. The minimum absolute atomic E-state index is 0.451. The molecule has 0 heterocycles. The molecule has 0 fully saturated rings. The van der Waals surface area contributed by atoms with Gasteiger partial charge >= 0.3 is 0 Å². The smallest absolute Gasteiger partial charge is 0.119 e. The van der Waals surface area contributed by atoms with Crippen molar-refractivity contribution in [1.29, 1.82) is 0 Å². The number of hydrogen-bond donors (Lipinski definition) is 0. The second-order valence-corrected chi connectivity index (χ2v) is 19.6. The molecule has 0 amide bonds. The summed E-state index contributed by atoms with van der Waals surface area (Å²) in [7, 11) is -1.80. The van der Waals surface area contributed by atoms with Crippen LogP contribution in [0.4, 0.5) is 0 Å². The van der Waals surface area contributed by atoms with E-state index in [4.69, 9.17) is 9.47 Å². The molecule has 2 aromatic carbocycles. The molecule has 0 aliphatic rings. The highest BCUT2D eigenvalue weighted by Gasteiger charge is 2.11. The summed E-state index contributed by atoms with van der Waals surface area (Å²) in [5, 5.41) is 5.97. The molecule has 0 atom stereocenters. The predicted octanol–water partition coefficient (Wildman–Crippen LogP) is 4.16. The maximum atomic E-state index is 6.14. The standard InChI is InChI=1S/C25H40O2Si4/c1-28(2)22-14-20(15-23(18-22)29(3)4)26-12-10-9-11-13-27-21-16-24(30(5)6)19-25(17-21)31(7)8/h14-19H,9-13H2,1-8H3. The van der Waals surface area contributed by atoms with Crippen LogP contribution in [0.5, 0.6) is 11.5 Å². The van der Waals surface area contributed by atoms with Gasteiger partial charge in [0.15, 0.2) is 0 Å². The molecule has 2 aromatic rings. The zero-order chi connectivity index (χ0) is 23.0. The molecule has 2 nitrogen and oxygen atoms in total. The molecule has 0 saturated heterocycles. The molecule has 31 heavy (non-hydrogen) atoms. The summed E-state index contributed by atoms with van der Waals surface area (Å²) in [5.74, 6) is 2.14. The van der Waals surface area contributed by atoms with E-state index in [0.29, 0.717) is 0 Å². The summed E-state index contributed by atoms with van der Waals surface area (Å²) in [5.41, 5.74) is 0. The van der Waals surface area contributed by atoms with Crippen LogP contribution < -0.4 is 30.2 Å². The largest absolute Gasteiger partial charge is 0.494 e. The lowest BCUT2D eigenvalue weighted by Crippen LogP contribution is -2.32. The van der Waals surface area contributed by atoms with Crippen LogP contribution in [0.3, 0.4) is 0 Å². The highest BCUT2D eigenvalue weighted by Crippen LogP contribution is 2.11. The Morgan fingerprint density at radius 2 is 0.742 bits per heavy atom. The van der Waals surface area contributed by atoms with E-state index in [1.807, 2.05) is 0 Å². The minimum atomic E-state index is -0.451. The number of benzene rings is 2. The summed E-state index contributed by atoms with van der Waals surface area (Å²) in [6, 6.07) is 13.9. The van der Waals surface area contributed by atoms with E-state index in [2.05, 4.69) is 88.8 Å². The topological polar surface area (TPSA) is 18.5 Å². The summed E-state index contributed by atoms with van der Waals surface area (Å²) < 4.78 is 12.3. The molecule has 0 spiro atoms. The van der Waals surface area contributed by atoms with Crippen molar-refractivity contribution in [2.75, 3.05) is 13.2 Å². The normalized spacial score (nSPS) is 11.7. The van der Waals surface area contributed by atoms with Gasteiger partial charge in [-0.3, -0.25) is 0 Å². The molecule has 0 aromatic heterocycles. The first-order chi connectivity index (χ1) is 14.7. The van der Waals surface area contributed by atoms with Crippen molar-refractivity contribution >= 4 is 55.9 Å². The van der Waals surface area contributed by atoms with Gasteiger partial charge in [0.1, 0.15) is 11.5 Å². The maximum Gasteiger partial charge on any atom is 0.119 e. The molecule has 0 bridgehead atoms. The van der Waals surface area contributed by atoms with E-state index < -0.39 is 35.2 Å². The summed E-state index contributed by atoms with van der Waals surface area (Å²) in [6.07, 6.45) is 3.29. The molecule has 4 radical (unpaired) electrons. The fraction of sp³-hybridized carbons (Fsp3) is 0.520. The molecule has 0 N–H and O–H groups in total. The molecule has 0 unspecified atom stereocenters. The number of unbranched alkanes of at least 4 members (excludes halogenated alkanes) is 2. The fourth-order valence-corrected chi connectivity index (χ4v) is 7.07. The monoisotopic (exact) mass is 484 g/mol. The van der Waals surface area contributed by atoms with Crippen molar-refractivity contribution in [3.8, 4) is 11.5 Å². The number of rotatable bonds is 12. The Bertz CT molecular complexity index is 699. The van der Waals surface area contributed by atoms with Crippen molar-refractivity contribution in [2.24, 2.45) is 0 Å². The van der Waals surface area contributed by atoms with Gasteiger partial charge in [-0.05, 0) is 43.5 Å². The summed E-state index contributed by atoms with van der Waals surface area (Å²) in [4.78, 5) is 0. The molecule has 168 valence electrons. The first-order valence-electron chi connectivity index (χ1n) is 11.4. The third-order valence-corrected chi connectivity index (χ3v) is 11.2. The fourth-order valence-electron chi connectivity index (χ4n) is 3.28. The molecule has 0 saturated carbocycles. The van der Waals surface area contributed by atoms with Crippen LogP contribution in [0.2, 0.25) is 52.4 Å². The van der Waals surface area contributed by atoms with Crippen molar-refractivity contribution in [1.82, 2.24) is 0 Å². The van der Waals surface area contributed by atoms with Gasteiger partial charge in [-0.15, -0.1) is 0 Å². The van der Waals surface area contributed by atoms with E-state index in [1.54, 1.807) is 0 Å². The zero-order valence-corrected chi connectivity index (χ0v) is 24.8. The quantitative estimate of drug-likeness (QED) is 0.333. The molecule has 0 aliphatic carbocycles. The SMILES string of the molecule is C[Si](C)c1cc(OCCCCCOc2cc([Si](C)C)cc([Si](C)C)c2)cc([Si](C)C)c1. The first-order valence-corrected chi connectivity index (χ1v) is 21.4. The second-order valence-electron chi connectivity index (χ2n) is 9.25. The van der Waals surface area contributed by atoms with E-state index >= 15 is 0 Å². The molecule has 2 rings (SSSR count). The molecular weight excluding hydrogens is 445 g/mol. The van der Waals surface area contributed by atoms with Gasteiger partial charge < -0.3 is 9.47 Å². The number of hydrogen-bond acceptors (Lipinski definition) is 2. The Labute approximate surface area is 197 Å². The van der Waals surface area contributed by atoms with Crippen LogP contribution in [0.1, 0.15) is 19.3 Å². The lowest BCUT2D eigenvalue weighted by atomic mass is 10.2. The zero-order valence-electron chi connectivity index (χ0n) is 20.8. The lowest BCUT2D eigenvalue weighted by Gasteiger charge is -2.15. The summed E-state index contributed by atoms with van der Waals surface area (Å²) >= 11 is 0. The van der Waals surface area contributed by atoms with Crippen LogP contribution in [0.15, 0.2) is 36.4 Å².